The number of methoxy groups -OCH3 is 1. The quantitative estimate of drug-likeness (QED) is 0.789. The van der Waals surface area contributed by atoms with E-state index in [-0.39, 0.29) is 5.91 Å². The molecule has 0 aliphatic carbocycles. The van der Waals surface area contributed by atoms with E-state index in [9.17, 15) is 4.79 Å². The third-order valence-corrected chi connectivity index (χ3v) is 3.68. The second kappa shape index (κ2) is 7.17. The smallest absolute Gasteiger partial charge is 0.226 e. The monoisotopic (exact) mass is 263 g/mol. The van der Waals surface area contributed by atoms with Crippen molar-refractivity contribution in [3.63, 3.8) is 0 Å². The molecular weight excluding hydrogens is 238 g/mol. The van der Waals surface area contributed by atoms with Gasteiger partial charge >= 0.3 is 0 Å². The van der Waals surface area contributed by atoms with Gasteiger partial charge in [0.25, 0.3) is 0 Å². The Morgan fingerprint density at radius 2 is 1.95 bits per heavy atom. The molecule has 1 aromatic carbocycles. The molecule has 1 aromatic rings. The van der Waals surface area contributed by atoms with E-state index in [1.807, 2.05) is 37.9 Å². The Kier molecular flexibility index (Phi) is 5.87. The third-order valence-electron chi connectivity index (χ3n) is 3.68. The molecule has 0 radical (unpaired) electrons. The van der Waals surface area contributed by atoms with Gasteiger partial charge in [-0.1, -0.05) is 19.4 Å². The molecule has 0 N–H and O–H groups in total. The number of carbonyl (C=O) groups is 1. The number of amides is 1. The maximum Gasteiger partial charge on any atom is 0.226 e. The minimum atomic E-state index is 0.182. The van der Waals surface area contributed by atoms with Gasteiger partial charge in [0.15, 0.2) is 0 Å². The lowest BCUT2D eigenvalue weighted by molar-refractivity contribution is -0.129. The Morgan fingerprint density at radius 3 is 2.53 bits per heavy atom. The average molecular weight is 263 g/mol. The van der Waals surface area contributed by atoms with Gasteiger partial charge in [-0.15, -0.1) is 0 Å². The molecule has 0 spiro atoms. The Bertz CT molecular complexity index is 441. The lowest BCUT2D eigenvalue weighted by atomic mass is 9.99. The zero-order chi connectivity index (χ0) is 14.4. The third kappa shape index (κ3) is 3.98. The van der Waals surface area contributed by atoms with Crippen molar-refractivity contribution in [3.8, 4) is 5.75 Å². The summed E-state index contributed by atoms with van der Waals surface area (Å²) in [5.41, 5.74) is 3.35. The summed E-state index contributed by atoms with van der Waals surface area (Å²) in [7, 11) is 3.55. The van der Waals surface area contributed by atoms with Gasteiger partial charge in [0.05, 0.1) is 13.5 Å². The molecule has 0 fully saturated rings. The molecular formula is C16H25NO2. The summed E-state index contributed by atoms with van der Waals surface area (Å²) in [6.07, 6.45) is 2.64. The van der Waals surface area contributed by atoms with Gasteiger partial charge in [0.1, 0.15) is 5.75 Å². The molecule has 1 amide bonds. The van der Waals surface area contributed by atoms with Crippen LogP contribution in [0.5, 0.6) is 5.75 Å². The van der Waals surface area contributed by atoms with Gasteiger partial charge in [-0.25, -0.2) is 0 Å². The maximum absolute atomic E-state index is 12.1. The summed E-state index contributed by atoms with van der Waals surface area (Å²) >= 11 is 0. The summed E-state index contributed by atoms with van der Waals surface area (Å²) in [5.74, 6) is 1.06. The normalized spacial score (nSPS) is 10.4. The van der Waals surface area contributed by atoms with Crippen LogP contribution in [0.3, 0.4) is 0 Å². The van der Waals surface area contributed by atoms with Crippen LogP contribution in [0, 0.1) is 13.8 Å². The Balaban J connectivity index is 2.77. The number of nitrogens with zero attached hydrogens (tertiary/aromatic N) is 1. The Labute approximate surface area is 116 Å². The van der Waals surface area contributed by atoms with Crippen LogP contribution in [-0.2, 0) is 11.2 Å². The lowest BCUT2D eigenvalue weighted by Gasteiger charge is -2.18. The number of likely N-dealkylation sites (N-methyl/N-ethyl adjacent to an activating group) is 1. The van der Waals surface area contributed by atoms with E-state index in [1.54, 1.807) is 7.11 Å². The zero-order valence-corrected chi connectivity index (χ0v) is 12.7. The van der Waals surface area contributed by atoms with Crippen LogP contribution in [0.15, 0.2) is 12.1 Å². The van der Waals surface area contributed by atoms with E-state index < -0.39 is 0 Å². The van der Waals surface area contributed by atoms with Crippen LogP contribution >= 0.6 is 0 Å². The van der Waals surface area contributed by atoms with Crippen LogP contribution in [0.25, 0.3) is 0 Å². The van der Waals surface area contributed by atoms with Crippen LogP contribution in [0.4, 0.5) is 0 Å². The molecule has 0 unspecified atom stereocenters. The van der Waals surface area contributed by atoms with Gasteiger partial charge < -0.3 is 9.64 Å². The fourth-order valence-corrected chi connectivity index (χ4v) is 2.08. The van der Waals surface area contributed by atoms with E-state index in [1.165, 1.54) is 0 Å². The van der Waals surface area contributed by atoms with Gasteiger partial charge in [0, 0.05) is 13.6 Å². The summed E-state index contributed by atoms with van der Waals surface area (Å²) in [6.45, 7) is 7.05. The van der Waals surface area contributed by atoms with Crippen molar-refractivity contribution in [2.24, 2.45) is 0 Å². The molecule has 3 nitrogen and oxygen atoms in total. The number of hydrogen-bond donors (Lipinski definition) is 0. The second-order valence-corrected chi connectivity index (χ2v) is 5.02. The van der Waals surface area contributed by atoms with Crippen molar-refractivity contribution in [1.29, 1.82) is 0 Å². The van der Waals surface area contributed by atoms with Gasteiger partial charge in [-0.2, -0.15) is 0 Å². The number of hydrogen-bond acceptors (Lipinski definition) is 2. The number of benzene rings is 1. The molecule has 106 valence electrons. The summed E-state index contributed by atoms with van der Waals surface area (Å²) in [5, 5.41) is 0. The van der Waals surface area contributed by atoms with Gasteiger partial charge in [-0.3, -0.25) is 4.79 Å². The number of carbonyl (C=O) groups excluding carboxylic acids is 1. The predicted octanol–water partition coefficient (Wildman–Crippen LogP) is 3.11. The minimum absolute atomic E-state index is 0.182. The van der Waals surface area contributed by atoms with Crippen molar-refractivity contribution >= 4 is 5.91 Å². The van der Waals surface area contributed by atoms with Crippen molar-refractivity contribution in [3.05, 3.63) is 28.8 Å². The predicted molar refractivity (Wildman–Crippen MR) is 78.7 cm³/mol. The lowest BCUT2D eigenvalue weighted by Crippen LogP contribution is -2.29. The highest BCUT2D eigenvalue weighted by molar-refractivity contribution is 5.79. The molecule has 1 rings (SSSR count). The van der Waals surface area contributed by atoms with Crippen molar-refractivity contribution in [2.75, 3.05) is 20.7 Å². The van der Waals surface area contributed by atoms with Gasteiger partial charge in [0.2, 0.25) is 5.91 Å². The molecule has 0 bridgehead atoms. The zero-order valence-electron chi connectivity index (χ0n) is 12.7. The minimum Gasteiger partial charge on any atom is -0.496 e. The van der Waals surface area contributed by atoms with Crippen molar-refractivity contribution < 1.29 is 9.53 Å². The Morgan fingerprint density at radius 1 is 1.26 bits per heavy atom. The first-order valence-electron chi connectivity index (χ1n) is 6.88. The summed E-state index contributed by atoms with van der Waals surface area (Å²) < 4.78 is 5.29. The van der Waals surface area contributed by atoms with E-state index in [2.05, 4.69) is 6.92 Å². The topological polar surface area (TPSA) is 29.5 Å². The maximum atomic E-state index is 12.1. The van der Waals surface area contributed by atoms with E-state index in [0.29, 0.717) is 6.42 Å². The van der Waals surface area contributed by atoms with E-state index >= 15 is 0 Å². The molecule has 0 saturated heterocycles. The highest BCUT2D eigenvalue weighted by Gasteiger charge is 2.13. The largest absolute Gasteiger partial charge is 0.496 e. The second-order valence-electron chi connectivity index (χ2n) is 5.02. The van der Waals surface area contributed by atoms with Crippen molar-refractivity contribution in [2.45, 2.75) is 40.0 Å². The molecule has 0 aliphatic rings. The number of ether oxygens (including phenoxy) is 1. The molecule has 0 saturated carbocycles. The molecule has 0 atom stereocenters. The summed E-state index contributed by atoms with van der Waals surface area (Å²) in [4.78, 5) is 14.0. The Hall–Kier alpha value is -1.51. The molecule has 19 heavy (non-hydrogen) atoms. The molecule has 3 heteroatoms. The van der Waals surface area contributed by atoms with E-state index in [4.69, 9.17) is 4.74 Å². The fraction of sp³-hybridized carbons (Fsp3) is 0.562. The van der Waals surface area contributed by atoms with E-state index in [0.717, 1.165) is 41.8 Å². The molecule has 0 aromatic heterocycles. The summed E-state index contributed by atoms with van der Waals surface area (Å²) in [6, 6.07) is 3.93. The highest BCUT2D eigenvalue weighted by Crippen LogP contribution is 2.24. The molecule has 0 aliphatic heterocycles. The SMILES string of the molecule is CCCCN(C)C(=O)Cc1ccc(OC)c(C)c1C. The van der Waals surface area contributed by atoms with Crippen molar-refractivity contribution in [1.82, 2.24) is 4.90 Å². The average Bonchev–Trinajstić information content (AvgIpc) is 2.41. The standard InChI is InChI=1S/C16H25NO2/c1-6-7-10-17(4)16(18)11-14-8-9-15(19-5)13(3)12(14)2/h8-9H,6-7,10-11H2,1-5H3. The highest BCUT2D eigenvalue weighted by atomic mass is 16.5. The fourth-order valence-electron chi connectivity index (χ4n) is 2.08. The number of rotatable bonds is 6. The van der Waals surface area contributed by atoms with Crippen LogP contribution < -0.4 is 4.74 Å². The first kappa shape index (κ1) is 15.5. The van der Waals surface area contributed by atoms with Crippen LogP contribution in [0.1, 0.15) is 36.5 Å². The van der Waals surface area contributed by atoms with Crippen LogP contribution in [0.2, 0.25) is 0 Å². The first-order valence-corrected chi connectivity index (χ1v) is 6.88. The van der Waals surface area contributed by atoms with Gasteiger partial charge in [-0.05, 0) is 43.0 Å². The first-order chi connectivity index (χ1) is 9.01. The van der Waals surface area contributed by atoms with Crippen LogP contribution in [-0.4, -0.2) is 31.5 Å². The number of unbranched alkanes of at least 4 members (excludes halogenated alkanes) is 1. The molecule has 0 heterocycles.